The molecule has 0 bridgehead atoms. The molecule has 1 aliphatic heterocycles. The van der Waals surface area contributed by atoms with Crippen LogP contribution >= 0.6 is 0 Å². The number of hydrogen-bond donors (Lipinski definition) is 0. The van der Waals surface area contributed by atoms with Gasteiger partial charge in [-0.1, -0.05) is 44.7 Å². The number of hydrogen-bond acceptors (Lipinski definition) is 2. The molecule has 2 aromatic rings. The molecule has 1 unspecified atom stereocenters. The van der Waals surface area contributed by atoms with Crippen molar-refractivity contribution in [2.24, 2.45) is 5.92 Å². The average Bonchev–Trinajstić information content (AvgIpc) is 3.22. The molecule has 1 atom stereocenters. The van der Waals surface area contributed by atoms with E-state index in [1.165, 1.54) is 37.6 Å². The van der Waals surface area contributed by atoms with Crippen molar-refractivity contribution in [3.63, 3.8) is 0 Å². The summed E-state index contributed by atoms with van der Waals surface area (Å²) in [6.07, 6.45) is 9.62. The summed E-state index contributed by atoms with van der Waals surface area (Å²) in [4.78, 5) is 19.5. The van der Waals surface area contributed by atoms with Crippen LogP contribution in [-0.4, -0.2) is 33.4 Å². The highest BCUT2D eigenvalue weighted by Gasteiger charge is 2.34. The van der Waals surface area contributed by atoms with Crippen LogP contribution in [-0.2, 0) is 11.3 Å². The van der Waals surface area contributed by atoms with Crippen LogP contribution in [0.3, 0.4) is 0 Å². The monoisotopic (exact) mass is 353 g/mol. The summed E-state index contributed by atoms with van der Waals surface area (Å²) in [5.41, 5.74) is 2.32. The van der Waals surface area contributed by atoms with Crippen molar-refractivity contribution >= 4 is 16.9 Å². The van der Waals surface area contributed by atoms with Crippen LogP contribution in [0.15, 0.2) is 24.3 Å². The first-order valence-electron chi connectivity index (χ1n) is 10.5. The Morgan fingerprint density at radius 1 is 1.15 bits per heavy atom. The number of para-hydroxylation sites is 2. The molecule has 4 rings (SSSR count). The Bertz CT molecular complexity index is 760. The summed E-state index contributed by atoms with van der Waals surface area (Å²) in [6, 6.07) is 8.48. The second kappa shape index (κ2) is 7.81. The molecule has 26 heavy (non-hydrogen) atoms. The molecule has 140 valence electrons. The number of nitrogens with zero attached hydrogens (tertiary/aromatic N) is 3. The van der Waals surface area contributed by atoms with Crippen LogP contribution in [0.2, 0.25) is 0 Å². The van der Waals surface area contributed by atoms with E-state index in [2.05, 4.69) is 40.7 Å². The Morgan fingerprint density at radius 3 is 2.77 bits per heavy atom. The summed E-state index contributed by atoms with van der Waals surface area (Å²) in [6.45, 7) is 4.98. The molecule has 2 fully saturated rings. The second-order valence-corrected chi connectivity index (χ2v) is 8.17. The normalized spacial score (nSPS) is 21.8. The summed E-state index contributed by atoms with van der Waals surface area (Å²) in [7, 11) is 0. The zero-order chi connectivity index (χ0) is 17.9. The zero-order valence-electron chi connectivity index (χ0n) is 16.0. The Morgan fingerprint density at radius 2 is 1.96 bits per heavy atom. The smallest absolute Gasteiger partial charge is 0.223 e. The first kappa shape index (κ1) is 17.6. The van der Waals surface area contributed by atoms with Gasteiger partial charge in [-0.15, -0.1) is 0 Å². The van der Waals surface area contributed by atoms with E-state index in [0.29, 0.717) is 12.3 Å². The van der Waals surface area contributed by atoms with Gasteiger partial charge in [-0.05, 0) is 37.3 Å². The average molecular weight is 354 g/mol. The summed E-state index contributed by atoms with van der Waals surface area (Å²) in [5.74, 6) is 2.45. The molecule has 1 amide bonds. The molecule has 0 spiro atoms. The van der Waals surface area contributed by atoms with Gasteiger partial charge in [-0.2, -0.15) is 0 Å². The van der Waals surface area contributed by atoms with Gasteiger partial charge >= 0.3 is 0 Å². The van der Waals surface area contributed by atoms with Crippen molar-refractivity contribution in [1.29, 1.82) is 0 Å². The van der Waals surface area contributed by atoms with Gasteiger partial charge in [0.1, 0.15) is 5.82 Å². The highest BCUT2D eigenvalue weighted by Crippen LogP contribution is 2.33. The Hall–Kier alpha value is -1.84. The van der Waals surface area contributed by atoms with Gasteiger partial charge in [0.2, 0.25) is 5.91 Å². The maximum absolute atomic E-state index is 12.5. The molecule has 4 nitrogen and oxygen atoms in total. The largest absolute Gasteiger partial charge is 0.342 e. The fourth-order valence-corrected chi connectivity index (χ4v) is 4.74. The maximum Gasteiger partial charge on any atom is 0.223 e. The second-order valence-electron chi connectivity index (χ2n) is 8.17. The van der Waals surface area contributed by atoms with Crippen molar-refractivity contribution in [2.75, 3.05) is 13.1 Å². The Balaban J connectivity index is 1.61. The summed E-state index contributed by atoms with van der Waals surface area (Å²) in [5, 5.41) is 0. The third-order valence-electron chi connectivity index (χ3n) is 6.21. The third kappa shape index (κ3) is 3.51. The molecule has 0 radical (unpaired) electrons. The highest BCUT2D eigenvalue weighted by atomic mass is 16.2. The third-order valence-corrected chi connectivity index (χ3v) is 6.21. The van der Waals surface area contributed by atoms with Gasteiger partial charge in [0.15, 0.2) is 0 Å². The van der Waals surface area contributed by atoms with Crippen LogP contribution in [0.5, 0.6) is 0 Å². The van der Waals surface area contributed by atoms with Gasteiger partial charge in [0.25, 0.3) is 0 Å². The number of carbonyl (C=O) groups is 1. The van der Waals surface area contributed by atoms with Gasteiger partial charge in [0, 0.05) is 32.0 Å². The van der Waals surface area contributed by atoms with Crippen molar-refractivity contribution in [1.82, 2.24) is 14.5 Å². The highest BCUT2D eigenvalue weighted by molar-refractivity contribution is 5.80. The first-order valence-corrected chi connectivity index (χ1v) is 10.5. The van der Waals surface area contributed by atoms with Gasteiger partial charge in [-0.3, -0.25) is 4.79 Å². The molecule has 1 aliphatic carbocycles. The number of unbranched alkanes of at least 4 members (excludes halogenated alkanes) is 1. The lowest BCUT2D eigenvalue weighted by Gasteiger charge is -2.24. The molecule has 1 saturated carbocycles. The number of carbonyl (C=O) groups excluding carboxylic acids is 1. The molecular formula is C22H31N3O. The number of likely N-dealkylation sites (tertiary alicyclic amines) is 1. The van der Waals surface area contributed by atoms with E-state index in [9.17, 15) is 4.79 Å². The van der Waals surface area contributed by atoms with Crippen LogP contribution < -0.4 is 0 Å². The van der Waals surface area contributed by atoms with E-state index in [1.807, 2.05) is 0 Å². The van der Waals surface area contributed by atoms with Gasteiger partial charge in [0.05, 0.1) is 11.0 Å². The van der Waals surface area contributed by atoms with Gasteiger partial charge in [-0.25, -0.2) is 4.98 Å². The number of amides is 1. The SMILES string of the molecule is CCCCN1CC(c2nc3ccccc3n2CC2CCCCC2)CC1=O. The van der Waals surface area contributed by atoms with Crippen LogP contribution in [0, 0.1) is 5.92 Å². The predicted molar refractivity (Wildman–Crippen MR) is 105 cm³/mol. The zero-order valence-corrected chi connectivity index (χ0v) is 16.0. The quantitative estimate of drug-likeness (QED) is 0.753. The van der Waals surface area contributed by atoms with E-state index >= 15 is 0 Å². The van der Waals surface area contributed by atoms with Crippen molar-refractivity contribution < 1.29 is 4.79 Å². The minimum Gasteiger partial charge on any atom is -0.342 e. The Labute approximate surface area is 156 Å². The number of aromatic nitrogens is 2. The fourth-order valence-electron chi connectivity index (χ4n) is 4.74. The summed E-state index contributed by atoms with van der Waals surface area (Å²) >= 11 is 0. The first-order chi connectivity index (χ1) is 12.8. The van der Waals surface area contributed by atoms with Crippen LogP contribution in [0.1, 0.15) is 70.0 Å². The molecule has 2 aliphatic rings. The molecule has 1 aromatic heterocycles. The lowest BCUT2D eigenvalue weighted by Crippen LogP contribution is -2.26. The van der Waals surface area contributed by atoms with Crippen molar-refractivity contribution in [2.45, 2.75) is 70.8 Å². The minimum atomic E-state index is 0.246. The number of fused-ring (bicyclic) bond motifs is 1. The predicted octanol–water partition coefficient (Wildman–Crippen LogP) is 4.73. The topological polar surface area (TPSA) is 38.1 Å². The standard InChI is InChI=1S/C22H31N3O/c1-2-3-13-24-16-18(14-21(24)26)22-23-19-11-7-8-12-20(19)25(22)15-17-9-5-4-6-10-17/h7-8,11-12,17-18H,2-6,9-10,13-16H2,1H3. The molecule has 0 N–H and O–H groups in total. The van der Waals surface area contributed by atoms with E-state index in [4.69, 9.17) is 4.98 Å². The molecular weight excluding hydrogens is 322 g/mol. The fraction of sp³-hybridized carbons (Fsp3) is 0.636. The van der Waals surface area contributed by atoms with Crippen LogP contribution in [0.25, 0.3) is 11.0 Å². The molecule has 1 aromatic carbocycles. The lowest BCUT2D eigenvalue weighted by atomic mass is 9.89. The number of imidazole rings is 1. The molecule has 4 heteroatoms. The molecule has 2 heterocycles. The van der Waals surface area contributed by atoms with Crippen LogP contribution in [0.4, 0.5) is 0 Å². The molecule has 1 saturated heterocycles. The number of rotatable bonds is 6. The number of benzene rings is 1. The minimum absolute atomic E-state index is 0.246. The van der Waals surface area contributed by atoms with Crippen molar-refractivity contribution in [3.05, 3.63) is 30.1 Å². The van der Waals surface area contributed by atoms with E-state index in [-0.39, 0.29) is 5.92 Å². The van der Waals surface area contributed by atoms with E-state index in [0.717, 1.165) is 49.7 Å². The lowest BCUT2D eigenvalue weighted by molar-refractivity contribution is -0.127. The maximum atomic E-state index is 12.5. The van der Waals surface area contributed by atoms with E-state index in [1.54, 1.807) is 0 Å². The van der Waals surface area contributed by atoms with E-state index < -0.39 is 0 Å². The van der Waals surface area contributed by atoms with Crippen molar-refractivity contribution in [3.8, 4) is 0 Å². The summed E-state index contributed by atoms with van der Waals surface area (Å²) < 4.78 is 2.45. The van der Waals surface area contributed by atoms with Gasteiger partial charge < -0.3 is 9.47 Å². The Kier molecular flexibility index (Phi) is 5.28.